The third kappa shape index (κ3) is 6.19. The summed E-state index contributed by atoms with van der Waals surface area (Å²) in [6, 6.07) is 0.936. The summed E-state index contributed by atoms with van der Waals surface area (Å²) < 4.78 is 0. The van der Waals surface area contributed by atoms with Crippen molar-refractivity contribution in [3.8, 4) is 0 Å². The van der Waals surface area contributed by atoms with Gasteiger partial charge in [0.1, 0.15) is 0 Å². The van der Waals surface area contributed by atoms with Crippen molar-refractivity contribution in [1.82, 2.24) is 5.32 Å². The van der Waals surface area contributed by atoms with E-state index < -0.39 is 0 Å². The Hall–Kier alpha value is -0.0800. The fourth-order valence-corrected chi connectivity index (χ4v) is 3.42. The highest BCUT2D eigenvalue weighted by Crippen LogP contribution is 2.29. The molecule has 2 N–H and O–H groups in total. The van der Waals surface area contributed by atoms with E-state index in [0.29, 0.717) is 18.0 Å². The number of hydrogen-bond donors (Lipinski definition) is 2. The molecule has 3 atom stereocenters. The minimum absolute atomic E-state index is 0.281. The van der Waals surface area contributed by atoms with E-state index in [0.717, 1.165) is 18.3 Å². The van der Waals surface area contributed by atoms with Crippen molar-refractivity contribution in [2.24, 2.45) is 17.8 Å². The molecule has 2 heteroatoms. The molecule has 1 rings (SSSR count). The summed E-state index contributed by atoms with van der Waals surface area (Å²) in [5.41, 5.74) is 0. The third-order valence-electron chi connectivity index (χ3n) is 4.04. The van der Waals surface area contributed by atoms with E-state index in [1.807, 2.05) is 0 Å². The van der Waals surface area contributed by atoms with Gasteiger partial charge in [0.15, 0.2) is 0 Å². The zero-order chi connectivity index (χ0) is 13.5. The summed E-state index contributed by atoms with van der Waals surface area (Å²) in [6.45, 7) is 9.39. The van der Waals surface area contributed by atoms with Crippen LogP contribution in [-0.2, 0) is 0 Å². The molecule has 2 nitrogen and oxygen atoms in total. The normalized spacial score (nSPS) is 26.8. The summed E-state index contributed by atoms with van der Waals surface area (Å²) in [7, 11) is 0. The first-order chi connectivity index (χ1) is 8.51. The number of aliphatic hydroxyl groups excluding tert-OH is 1. The lowest BCUT2D eigenvalue weighted by atomic mass is 9.81. The van der Waals surface area contributed by atoms with Gasteiger partial charge in [-0.25, -0.2) is 0 Å². The Balaban J connectivity index is 2.36. The Bertz CT molecular complexity index is 215. The Kier molecular flexibility index (Phi) is 7.25. The van der Waals surface area contributed by atoms with Crippen LogP contribution in [0.1, 0.15) is 66.2 Å². The quantitative estimate of drug-likeness (QED) is 0.728. The maximum Gasteiger partial charge on any atom is 0.0584 e. The molecule has 0 aromatic heterocycles. The van der Waals surface area contributed by atoms with Crippen molar-refractivity contribution in [1.29, 1.82) is 0 Å². The molecule has 1 fully saturated rings. The molecule has 1 saturated carbocycles. The highest BCUT2D eigenvalue weighted by Gasteiger charge is 2.24. The van der Waals surface area contributed by atoms with Gasteiger partial charge < -0.3 is 10.4 Å². The molecule has 0 aliphatic heterocycles. The first kappa shape index (κ1) is 16.0. The molecule has 0 spiro atoms. The average molecular weight is 255 g/mol. The minimum atomic E-state index is 0.281. The molecule has 0 aromatic carbocycles. The maximum absolute atomic E-state index is 9.45. The van der Waals surface area contributed by atoms with Crippen molar-refractivity contribution < 1.29 is 5.11 Å². The Morgan fingerprint density at radius 1 is 1.11 bits per heavy atom. The van der Waals surface area contributed by atoms with Crippen LogP contribution in [-0.4, -0.2) is 23.8 Å². The van der Waals surface area contributed by atoms with E-state index >= 15 is 0 Å². The van der Waals surface area contributed by atoms with E-state index in [1.165, 1.54) is 32.1 Å². The Morgan fingerprint density at radius 2 is 1.83 bits per heavy atom. The molecule has 3 unspecified atom stereocenters. The second kappa shape index (κ2) is 8.16. The largest absolute Gasteiger partial charge is 0.395 e. The number of rotatable bonds is 7. The topological polar surface area (TPSA) is 32.3 Å². The van der Waals surface area contributed by atoms with E-state index in [1.54, 1.807) is 0 Å². The van der Waals surface area contributed by atoms with Gasteiger partial charge in [-0.1, -0.05) is 40.5 Å². The van der Waals surface area contributed by atoms with Gasteiger partial charge >= 0.3 is 0 Å². The molecule has 0 amide bonds. The van der Waals surface area contributed by atoms with Crippen LogP contribution >= 0.6 is 0 Å². The first-order valence-electron chi connectivity index (χ1n) is 7.88. The van der Waals surface area contributed by atoms with Crippen LogP contribution in [0.4, 0.5) is 0 Å². The average Bonchev–Trinajstić information content (AvgIpc) is 2.27. The predicted molar refractivity (Wildman–Crippen MR) is 78.7 cm³/mol. The van der Waals surface area contributed by atoms with Crippen LogP contribution in [0.15, 0.2) is 0 Å². The summed E-state index contributed by atoms with van der Waals surface area (Å²) in [4.78, 5) is 0. The van der Waals surface area contributed by atoms with Crippen LogP contribution in [0, 0.1) is 17.8 Å². The second-order valence-electron chi connectivity index (χ2n) is 7.03. The van der Waals surface area contributed by atoms with Gasteiger partial charge in [-0.15, -0.1) is 0 Å². The maximum atomic E-state index is 9.45. The van der Waals surface area contributed by atoms with Gasteiger partial charge in [0.25, 0.3) is 0 Å². The highest BCUT2D eigenvalue weighted by atomic mass is 16.3. The fourth-order valence-electron chi connectivity index (χ4n) is 3.42. The molecule has 1 aliphatic carbocycles. The lowest BCUT2D eigenvalue weighted by Crippen LogP contribution is -2.43. The molecule has 108 valence electrons. The van der Waals surface area contributed by atoms with E-state index in [2.05, 4.69) is 33.0 Å². The lowest BCUT2D eigenvalue weighted by molar-refractivity contribution is 0.182. The highest BCUT2D eigenvalue weighted by molar-refractivity contribution is 4.82. The molecule has 0 radical (unpaired) electrons. The van der Waals surface area contributed by atoms with Gasteiger partial charge in [-0.05, 0) is 43.4 Å². The zero-order valence-electron chi connectivity index (χ0n) is 12.8. The van der Waals surface area contributed by atoms with Crippen molar-refractivity contribution >= 4 is 0 Å². The van der Waals surface area contributed by atoms with Gasteiger partial charge in [0.05, 0.1) is 6.61 Å². The molecular weight excluding hydrogens is 222 g/mol. The number of aliphatic hydroxyl groups is 1. The second-order valence-corrected chi connectivity index (χ2v) is 7.03. The van der Waals surface area contributed by atoms with Crippen molar-refractivity contribution in [2.75, 3.05) is 6.61 Å². The van der Waals surface area contributed by atoms with E-state index in [4.69, 9.17) is 0 Å². The molecule has 0 aromatic rings. The first-order valence-corrected chi connectivity index (χ1v) is 7.88. The Labute approximate surface area is 114 Å². The standard InChI is InChI=1S/C16H33NO/c1-12(2)8-14-6-5-7-15(10-14)17-16(11-18)9-13(3)4/h12-18H,5-11H2,1-4H3. The van der Waals surface area contributed by atoms with Gasteiger partial charge in [0, 0.05) is 12.1 Å². The smallest absolute Gasteiger partial charge is 0.0584 e. The molecule has 0 saturated heterocycles. The molecule has 18 heavy (non-hydrogen) atoms. The monoisotopic (exact) mass is 255 g/mol. The van der Waals surface area contributed by atoms with Crippen LogP contribution in [0.3, 0.4) is 0 Å². The van der Waals surface area contributed by atoms with E-state index in [9.17, 15) is 5.11 Å². The van der Waals surface area contributed by atoms with Crippen molar-refractivity contribution in [3.63, 3.8) is 0 Å². The zero-order valence-corrected chi connectivity index (χ0v) is 12.8. The summed E-state index contributed by atoms with van der Waals surface area (Å²) in [5.74, 6) is 2.37. The van der Waals surface area contributed by atoms with Crippen LogP contribution < -0.4 is 5.32 Å². The third-order valence-corrected chi connectivity index (χ3v) is 4.04. The molecule has 0 heterocycles. The van der Waals surface area contributed by atoms with Crippen molar-refractivity contribution in [2.45, 2.75) is 78.3 Å². The fraction of sp³-hybridized carbons (Fsp3) is 1.00. The number of hydrogen-bond acceptors (Lipinski definition) is 2. The van der Waals surface area contributed by atoms with Gasteiger partial charge in [0.2, 0.25) is 0 Å². The summed E-state index contributed by atoms with van der Waals surface area (Å²) in [6.07, 6.45) is 7.82. The summed E-state index contributed by atoms with van der Waals surface area (Å²) in [5, 5.41) is 13.1. The molecule has 0 bridgehead atoms. The lowest BCUT2D eigenvalue weighted by Gasteiger charge is -2.33. The van der Waals surface area contributed by atoms with Crippen molar-refractivity contribution in [3.05, 3.63) is 0 Å². The predicted octanol–water partition coefficient (Wildman–Crippen LogP) is 3.59. The molecule has 1 aliphatic rings. The van der Waals surface area contributed by atoms with E-state index in [-0.39, 0.29) is 6.61 Å². The van der Waals surface area contributed by atoms with Gasteiger partial charge in [-0.3, -0.25) is 0 Å². The molecular formula is C16H33NO. The Morgan fingerprint density at radius 3 is 2.39 bits per heavy atom. The van der Waals surface area contributed by atoms with Crippen LogP contribution in [0.25, 0.3) is 0 Å². The van der Waals surface area contributed by atoms with Gasteiger partial charge in [-0.2, -0.15) is 0 Å². The van der Waals surface area contributed by atoms with Crippen LogP contribution in [0.2, 0.25) is 0 Å². The minimum Gasteiger partial charge on any atom is -0.395 e. The summed E-state index contributed by atoms with van der Waals surface area (Å²) >= 11 is 0. The van der Waals surface area contributed by atoms with Crippen LogP contribution in [0.5, 0.6) is 0 Å². The SMILES string of the molecule is CC(C)CC1CCCC(NC(CO)CC(C)C)C1. The number of nitrogens with one attached hydrogen (secondary N) is 1.